The van der Waals surface area contributed by atoms with E-state index in [1.807, 2.05) is 73.1 Å². The van der Waals surface area contributed by atoms with Gasteiger partial charge in [0.25, 0.3) is 0 Å². The largest absolute Gasteiger partial charge is 0.325 e. The Hall–Kier alpha value is -2.53. The number of rotatable bonds is 6. The molecule has 4 nitrogen and oxygen atoms in total. The number of anilines is 1. The number of amides is 1. The Bertz CT molecular complexity index is 886. The molecule has 5 heteroatoms. The van der Waals surface area contributed by atoms with Crippen molar-refractivity contribution in [1.29, 1.82) is 0 Å². The van der Waals surface area contributed by atoms with E-state index >= 15 is 0 Å². The first kappa shape index (κ1) is 18.3. The van der Waals surface area contributed by atoms with E-state index in [1.54, 1.807) is 0 Å². The highest BCUT2D eigenvalue weighted by atomic mass is 32.2. The molecule has 0 saturated carbocycles. The SMILES string of the molecule is CCc1ccc(NC(=O)CSc2c(C)nn(-c3ccccc3)c2C)cc1. The molecule has 134 valence electrons. The molecule has 0 spiro atoms. The smallest absolute Gasteiger partial charge is 0.234 e. The zero-order valence-electron chi connectivity index (χ0n) is 15.3. The second-order valence-electron chi connectivity index (χ2n) is 6.13. The number of carbonyl (C=O) groups excluding carboxylic acids is 1. The summed E-state index contributed by atoms with van der Waals surface area (Å²) in [5.74, 6) is 0.350. The predicted molar refractivity (Wildman–Crippen MR) is 108 cm³/mol. The van der Waals surface area contributed by atoms with Crippen LogP contribution in [0.3, 0.4) is 0 Å². The van der Waals surface area contributed by atoms with Gasteiger partial charge in [-0.15, -0.1) is 11.8 Å². The highest BCUT2D eigenvalue weighted by Gasteiger charge is 2.14. The Morgan fingerprint density at radius 2 is 1.77 bits per heavy atom. The Morgan fingerprint density at radius 3 is 2.42 bits per heavy atom. The minimum atomic E-state index is -0.00879. The van der Waals surface area contributed by atoms with Crippen LogP contribution in [0.25, 0.3) is 5.69 Å². The molecule has 0 bridgehead atoms. The molecule has 0 aliphatic carbocycles. The second kappa shape index (κ2) is 8.23. The molecule has 0 unspecified atom stereocenters. The average Bonchev–Trinajstić information content (AvgIpc) is 2.95. The van der Waals surface area contributed by atoms with Crippen LogP contribution < -0.4 is 5.32 Å². The number of thioether (sulfide) groups is 1. The normalized spacial score (nSPS) is 10.7. The predicted octanol–water partition coefficient (Wildman–Crippen LogP) is 4.78. The van der Waals surface area contributed by atoms with Gasteiger partial charge in [-0.05, 0) is 50.1 Å². The van der Waals surface area contributed by atoms with E-state index in [9.17, 15) is 4.79 Å². The maximum atomic E-state index is 12.3. The van der Waals surface area contributed by atoms with Crippen molar-refractivity contribution in [3.8, 4) is 5.69 Å². The average molecular weight is 366 g/mol. The molecule has 0 radical (unpaired) electrons. The Labute approximate surface area is 158 Å². The van der Waals surface area contributed by atoms with E-state index in [0.29, 0.717) is 5.75 Å². The Kier molecular flexibility index (Phi) is 5.78. The van der Waals surface area contributed by atoms with Crippen molar-refractivity contribution >= 4 is 23.4 Å². The zero-order chi connectivity index (χ0) is 18.5. The monoisotopic (exact) mass is 365 g/mol. The lowest BCUT2D eigenvalue weighted by Gasteiger charge is -2.07. The number of para-hydroxylation sites is 1. The fourth-order valence-corrected chi connectivity index (χ4v) is 3.71. The summed E-state index contributed by atoms with van der Waals surface area (Å²) in [5.41, 5.74) is 5.12. The topological polar surface area (TPSA) is 46.9 Å². The van der Waals surface area contributed by atoms with Crippen molar-refractivity contribution in [2.75, 3.05) is 11.1 Å². The molecule has 26 heavy (non-hydrogen) atoms. The molecule has 0 fully saturated rings. The van der Waals surface area contributed by atoms with Gasteiger partial charge >= 0.3 is 0 Å². The van der Waals surface area contributed by atoms with Crippen LogP contribution in [0.2, 0.25) is 0 Å². The van der Waals surface area contributed by atoms with Gasteiger partial charge in [-0.25, -0.2) is 4.68 Å². The molecular weight excluding hydrogens is 342 g/mol. The van der Waals surface area contributed by atoms with Crippen molar-refractivity contribution in [3.63, 3.8) is 0 Å². The first-order valence-corrected chi connectivity index (χ1v) is 9.70. The van der Waals surface area contributed by atoms with Crippen molar-refractivity contribution in [3.05, 3.63) is 71.5 Å². The first-order chi connectivity index (χ1) is 12.6. The van der Waals surface area contributed by atoms with Gasteiger partial charge < -0.3 is 5.32 Å². The van der Waals surface area contributed by atoms with Gasteiger partial charge in [-0.1, -0.05) is 37.3 Å². The van der Waals surface area contributed by atoms with Crippen molar-refractivity contribution in [2.45, 2.75) is 32.1 Å². The first-order valence-electron chi connectivity index (χ1n) is 8.71. The number of nitrogens with one attached hydrogen (secondary N) is 1. The summed E-state index contributed by atoms with van der Waals surface area (Å²) in [4.78, 5) is 13.3. The summed E-state index contributed by atoms with van der Waals surface area (Å²) < 4.78 is 1.93. The molecule has 1 N–H and O–H groups in total. The third-order valence-corrected chi connectivity index (χ3v) is 5.51. The number of aryl methyl sites for hydroxylation is 2. The minimum absolute atomic E-state index is 0.00879. The highest BCUT2D eigenvalue weighted by molar-refractivity contribution is 8.00. The van der Waals surface area contributed by atoms with Gasteiger partial charge in [0.05, 0.1) is 27.7 Å². The van der Waals surface area contributed by atoms with Crippen LogP contribution in [0.5, 0.6) is 0 Å². The van der Waals surface area contributed by atoms with Crippen LogP contribution in [0.1, 0.15) is 23.9 Å². The van der Waals surface area contributed by atoms with E-state index in [-0.39, 0.29) is 5.91 Å². The zero-order valence-corrected chi connectivity index (χ0v) is 16.1. The molecule has 2 aromatic carbocycles. The number of carbonyl (C=O) groups is 1. The molecule has 1 heterocycles. The summed E-state index contributed by atoms with van der Waals surface area (Å²) in [7, 11) is 0. The molecular formula is C21H23N3OS. The molecule has 3 aromatic rings. The van der Waals surface area contributed by atoms with Crippen LogP contribution in [0.4, 0.5) is 5.69 Å². The fourth-order valence-electron chi connectivity index (χ4n) is 2.82. The van der Waals surface area contributed by atoms with Crippen molar-refractivity contribution in [2.24, 2.45) is 0 Å². The molecule has 1 aromatic heterocycles. The summed E-state index contributed by atoms with van der Waals surface area (Å²) in [5, 5.41) is 7.58. The summed E-state index contributed by atoms with van der Waals surface area (Å²) in [6, 6.07) is 18.0. The van der Waals surface area contributed by atoms with Gasteiger partial charge in [0.1, 0.15) is 0 Å². The Balaban J connectivity index is 1.65. The standard InChI is InChI=1S/C21H23N3OS/c1-4-17-10-12-18(13-11-17)22-20(25)14-26-21-15(2)23-24(16(21)3)19-8-6-5-7-9-19/h5-13H,4,14H2,1-3H3,(H,22,25). The number of hydrogen-bond acceptors (Lipinski definition) is 3. The van der Waals surface area contributed by atoms with Gasteiger partial charge in [-0.3, -0.25) is 4.79 Å². The summed E-state index contributed by atoms with van der Waals surface area (Å²) in [6.45, 7) is 6.14. The van der Waals surface area contributed by atoms with Gasteiger partial charge in [0.2, 0.25) is 5.91 Å². The van der Waals surface area contributed by atoms with Crippen LogP contribution >= 0.6 is 11.8 Å². The fraction of sp³-hybridized carbons (Fsp3) is 0.238. The lowest BCUT2D eigenvalue weighted by atomic mass is 10.1. The number of benzene rings is 2. The second-order valence-corrected chi connectivity index (χ2v) is 7.12. The van der Waals surface area contributed by atoms with Crippen molar-refractivity contribution < 1.29 is 4.79 Å². The van der Waals surface area contributed by atoms with E-state index in [2.05, 4.69) is 17.3 Å². The van der Waals surface area contributed by atoms with Crippen LogP contribution in [-0.2, 0) is 11.2 Å². The molecule has 1 amide bonds. The maximum Gasteiger partial charge on any atom is 0.234 e. The maximum absolute atomic E-state index is 12.3. The lowest BCUT2D eigenvalue weighted by Crippen LogP contribution is -2.14. The third-order valence-electron chi connectivity index (χ3n) is 4.22. The van der Waals surface area contributed by atoms with Gasteiger partial charge in [0.15, 0.2) is 0 Å². The minimum Gasteiger partial charge on any atom is -0.325 e. The van der Waals surface area contributed by atoms with Crippen LogP contribution in [-0.4, -0.2) is 21.4 Å². The van der Waals surface area contributed by atoms with E-state index in [0.717, 1.165) is 34.1 Å². The van der Waals surface area contributed by atoms with Crippen molar-refractivity contribution in [1.82, 2.24) is 9.78 Å². The molecule has 0 saturated heterocycles. The highest BCUT2D eigenvalue weighted by Crippen LogP contribution is 2.28. The number of nitrogens with zero attached hydrogens (tertiary/aromatic N) is 2. The van der Waals surface area contributed by atoms with E-state index in [1.165, 1.54) is 17.3 Å². The molecule has 3 rings (SSSR count). The lowest BCUT2D eigenvalue weighted by molar-refractivity contribution is -0.113. The van der Waals surface area contributed by atoms with Gasteiger partial charge in [0, 0.05) is 5.69 Å². The van der Waals surface area contributed by atoms with E-state index < -0.39 is 0 Å². The molecule has 0 aliphatic heterocycles. The number of hydrogen-bond donors (Lipinski definition) is 1. The number of aromatic nitrogens is 2. The van der Waals surface area contributed by atoms with Gasteiger partial charge in [-0.2, -0.15) is 5.10 Å². The van der Waals surface area contributed by atoms with E-state index in [4.69, 9.17) is 0 Å². The van der Waals surface area contributed by atoms with Crippen LogP contribution in [0.15, 0.2) is 59.5 Å². The molecule has 0 aliphatic rings. The Morgan fingerprint density at radius 1 is 1.08 bits per heavy atom. The van der Waals surface area contributed by atoms with Crippen LogP contribution in [0, 0.1) is 13.8 Å². The third kappa shape index (κ3) is 4.17. The summed E-state index contributed by atoms with van der Waals surface area (Å²) >= 11 is 1.53. The molecule has 0 atom stereocenters. The summed E-state index contributed by atoms with van der Waals surface area (Å²) in [6.07, 6.45) is 0.994. The quantitative estimate of drug-likeness (QED) is 0.639.